The van der Waals surface area contributed by atoms with Crippen LogP contribution >= 0.6 is 0 Å². The first-order valence-corrected chi connectivity index (χ1v) is 23.1. The molecule has 9 N–H and O–H groups in total. The van der Waals surface area contributed by atoms with Crippen LogP contribution in [0.25, 0.3) is 0 Å². The van der Waals surface area contributed by atoms with E-state index in [1.165, 1.54) is 7.11 Å². The van der Waals surface area contributed by atoms with Gasteiger partial charge in [0.05, 0.1) is 13.5 Å². The number of methoxy groups -OCH3 is 1. The van der Waals surface area contributed by atoms with Crippen LogP contribution in [0.15, 0.2) is 0 Å². The van der Waals surface area contributed by atoms with Gasteiger partial charge in [-0.15, -0.1) is 0 Å². The van der Waals surface area contributed by atoms with Crippen LogP contribution in [-0.2, 0) is 33.5 Å². The van der Waals surface area contributed by atoms with Gasteiger partial charge in [0.2, 0.25) is 29.5 Å². The van der Waals surface area contributed by atoms with Gasteiger partial charge in [-0.3, -0.25) is 28.8 Å². The number of nitrogens with one attached hydrogen (secondary N) is 9. The molecule has 0 aromatic heterocycles. The van der Waals surface area contributed by atoms with E-state index < -0.39 is 18.1 Å². The van der Waals surface area contributed by atoms with Gasteiger partial charge in [-0.05, 0) is 138 Å². The fourth-order valence-corrected chi connectivity index (χ4v) is 6.89. The summed E-state index contributed by atoms with van der Waals surface area (Å²) in [6.45, 7) is 4.51. The summed E-state index contributed by atoms with van der Waals surface area (Å²) in [6, 6.07) is -0.939. The second-order valence-corrected chi connectivity index (χ2v) is 16.0. The third-order valence-electron chi connectivity index (χ3n) is 10.5. The first kappa shape index (κ1) is 56.7. The molecule has 3 atom stereocenters. The van der Waals surface area contributed by atoms with Crippen LogP contribution in [0.3, 0.4) is 0 Å². The summed E-state index contributed by atoms with van der Waals surface area (Å²) >= 11 is 0. The lowest BCUT2D eigenvalue weighted by atomic mass is 10.0. The second kappa shape index (κ2) is 41.0. The molecule has 0 spiro atoms. The van der Waals surface area contributed by atoms with E-state index >= 15 is 0 Å². The Morgan fingerprint density at radius 2 is 0.717 bits per heavy atom. The van der Waals surface area contributed by atoms with Crippen molar-refractivity contribution < 1.29 is 33.5 Å². The Kier molecular flexibility index (Phi) is 38.8. The molecule has 0 radical (unpaired) electrons. The van der Waals surface area contributed by atoms with E-state index in [0.717, 1.165) is 96.7 Å². The summed E-state index contributed by atoms with van der Waals surface area (Å²) in [5, 5.41) is 27.6. The van der Waals surface area contributed by atoms with Gasteiger partial charge in [0.15, 0.2) is 0 Å². The Bertz CT molecular complexity index is 1130. The number of rotatable bonds is 42. The Labute approximate surface area is 362 Å². The number of carbonyl (C=O) groups is 6. The standard InChI is InChI=1S/C44H87N9O7/c1-45-27-15-6-9-24-39(54)49-30-18-12-21-36(48-4)33-42(57)52-37(22-13-19-31-50-40(55)25-10-7-16-28-46-2)34-43(58)53-38(35-44(59)60-5)23-14-20-32-51-41(56)26-11-8-17-29-47-3/h36-38,45-48H,6-35H2,1-5H3,(H,49,54)(H,50,55)(H,51,56)(H,52,57)(H,53,58)/t36-,37?,38?/m0/s1. The van der Waals surface area contributed by atoms with E-state index in [-0.39, 0.29) is 54.8 Å². The topological polar surface area (TPSA) is 220 Å². The summed E-state index contributed by atoms with van der Waals surface area (Å²) in [5.41, 5.74) is 0. The number of hydrogen-bond donors (Lipinski definition) is 9. The van der Waals surface area contributed by atoms with E-state index in [4.69, 9.17) is 4.74 Å². The number of ether oxygens (including phenoxy) is 1. The molecule has 0 saturated carbocycles. The molecular formula is C44H87N9O7. The molecule has 0 heterocycles. The van der Waals surface area contributed by atoms with Crippen LogP contribution in [0.4, 0.5) is 0 Å². The maximum Gasteiger partial charge on any atom is 0.307 e. The fraction of sp³-hybridized carbons (Fsp3) is 0.864. The van der Waals surface area contributed by atoms with Crippen LogP contribution in [-0.4, -0.2) is 128 Å². The number of esters is 1. The predicted octanol–water partition coefficient (Wildman–Crippen LogP) is 3.09. The molecule has 0 aliphatic carbocycles. The molecule has 0 bridgehead atoms. The smallest absolute Gasteiger partial charge is 0.307 e. The average Bonchev–Trinajstić information content (AvgIpc) is 3.22. The predicted molar refractivity (Wildman–Crippen MR) is 240 cm³/mol. The van der Waals surface area contributed by atoms with E-state index in [1.807, 2.05) is 28.2 Å². The Morgan fingerprint density at radius 1 is 0.383 bits per heavy atom. The largest absolute Gasteiger partial charge is 0.469 e. The van der Waals surface area contributed by atoms with Gasteiger partial charge in [-0.1, -0.05) is 25.7 Å². The zero-order valence-corrected chi connectivity index (χ0v) is 38.3. The van der Waals surface area contributed by atoms with Crippen molar-refractivity contribution in [3.8, 4) is 0 Å². The van der Waals surface area contributed by atoms with Crippen LogP contribution in [0, 0.1) is 0 Å². The van der Waals surface area contributed by atoms with Crippen molar-refractivity contribution in [2.24, 2.45) is 0 Å². The Balaban J connectivity index is 5.13. The van der Waals surface area contributed by atoms with Gasteiger partial charge in [-0.25, -0.2) is 0 Å². The SMILES string of the molecule is CNCCCCCC(=O)NCCCCC(CC(=O)NC(CCCCNC(=O)CCCCCNC)CC(=O)OC)NC(=O)C[C@H](CCCCNC(=O)CCCCCNC)NC. The third-order valence-corrected chi connectivity index (χ3v) is 10.5. The molecule has 16 heteroatoms. The Morgan fingerprint density at radius 3 is 1.07 bits per heavy atom. The quantitative estimate of drug-likeness (QED) is 0.0321. The molecule has 2 unspecified atom stereocenters. The van der Waals surface area contributed by atoms with Crippen molar-refractivity contribution in [3.63, 3.8) is 0 Å². The molecule has 5 amide bonds. The highest BCUT2D eigenvalue weighted by atomic mass is 16.5. The summed E-state index contributed by atoms with van der Waals surface area (Å²) in [5.74, 6) is -0.693. The van der Waals surface area contributed by atoms with E-state index in [2.05, 4.69) is 47.9 Å². The molecule has 0 aromatic rings. The summed E-state index contributed by atoms with van der Waals surface area (Å²) in [6.07, 6.45) is 17.0. The number of carbonyl (C=O) groups excluding carboxylic acids is 6. The third kappa shape index (κ3) is 36.5. The highest BCUT2D eigenvalue weighted by molar-refractivity contribution is 5.81. The summed E-state index contributed by atoms with van der Waals surface area (Å²) in [4.78, 5) is 75.7. The van der Waals surface area contributed by atoms with Crippen molar-refractivity contribution in [1.29, 1.82) is 0 Å². The zero-order chi connectivity index (χ0) is 44.5. The summed E-state index contributed by atoms with van der Waals surface area (Å²) in [7, 11) is 8.92. The van der Waals surface area contributed by atoms with Crippen molar-refractivity contribution in [2.75, 3.05) is 74.6 Å². The zero-order valence-electron chi connectivity index (χ0n) is 38.3. The normalized spacial score (nSPS) is 12.6. The molecule has 16 nitrogen and oxygen atoms in total. The van der Waals surface area contributed by atoms with Gasteiger partial charge >= 0.3 is 5.97 Å². The fourth-order valence-electron chi connectivity index (χ4n) is 6.89. The molecule has 0 rings (SSSR count). The first-order chi connectivity index (χ1) is 29.1. The van der Waals surface area contributed by atoms with Gasteiger partial charge in [-0.2, -0.15) is 0 Å². The molecule has 60 heavy (non-hydrogen) atoms. The number of hydrogen-bond acceptors (Lipinski definition) is 11. The van der Waals surface area contributed by atoms with E-state index in [9.17, 15) is 28.8 Å². The van der Waals surface area contributed by atoms with Crippen LogP contribution in [0.5, 0.6) is 0 Å². The van der Waals surface area contributed by atoms with Crippen LogP contribution in [0.2, 0.25) is 0 Å². The van der Waals surface area contributed by atoms with Crippen LogP contribution in [0.1, 0.15) is 154 Å². The summed E-state index contributed by atoms with van der Waals surface area (Å²) < 4.78 is 4.90. The lowest BCUT2D eigenvalue weighted by Gasteiger charge is -2.23. The lowest BCUT2D eigenvalue weighted by Crippen LogP contribution is -2.44. The highest BCUT2D eigenvalue weighted by Gasteiger charge is 2.22. The molecule has 0 aliphatic rings. The van der Waals surface area contributed by atoms with Gasteiger partial charge in [0, 0.05) is 69.9 Å². The maximum absolute atomic E-state index is 13.5. The minimum absolute atomic E-state index is 0.0257. The second-order valence-electron chi connectivity index (χ2n) is 16.0. The van der Waals surface area contributed by atoms with Crippen molar-refractivity contribution in [3.05, 3.63) is 0 Å². The monoisotopic (exact) mass is 854 g/mol. The van der Waals surface area contributed by atoms with Gasteiger partial charge in [0.1, 0.15) is 0 Å². The van der Waals surface area contributed by atoms with Crippen molar-refractivity contribution in [2.45, 2.75) is 172 Å². The van der Waals surface area contributed by atoms with Crippen LogP contribution < -0.4 is 47.9 Å². The minimum atomic E-state index is -0.445. The highest BCUT2D eigenvalue weighted by Crippen LogP contribution is 2.12. The first-order valence-electron chi connectivity index (χ1n) is 23.1. The van der Waals surface area contributed by atoms with Gasteiger partial charge < -0.3 is 52.6 Å². The molecule has 0 saturated heterocycles. The number of amides is 5. The molecular weight excluding hydrogens is 767 g/mol. The molecule has 0 aromatic carbocycles. The molecule has 0 aliphatic heterocycles. The average molecular weight is 854 g/mol. The Hall–Kier alpha value is -3.34. The van der Waals surface area contributed by atoms with Crippen molar-refractivity contribution >= 4 is 35.5 Å². The molecule has 0 fully saturated rings. The van der Waals surface area contributed by atoms with E-state index in [1.54, 1.807) is 0 Å². The van der Waals surface area contributed by atoms with Gasteiger partial charge in [0.25, 0.3) is 0 Å². The number of unbranched alkanes of at least 4 members (excludes halogenated alkanes) is 9. The minimum Gasteiger partial charge on any atom is -0.469 e. The van der Waals surface area contributed by atoms with Crippen molar-refractivity contribution in [1.82, 2.24) is 47.9 Å². The maximum atomic E-state index is 13.5. The van der Waals surface area contributed by atoms with E-state index in [0.29, 0.717) is 77.4 Å². The molecule has 350 valence electrons. The lowest BCUT2D eigenvalue weighted by molar-refractivity contribution is -0.141.